The molecule has 3 heteroatoms. The van der Waals surface area contributed by atoms with E-state index in [0.717, 1.165) is 19.3 Å². The third kappa shape index (κ3) is 4.06. The van der Waals surface area contributed by atoms with E-state index in [4.69, 9.17) is 11.6 Å². The average Bonchev–Trinajstić information content (AvgIpc) is 2.60. The van der Waals surface area contributed by atoms with Crippen LogP contribution in [0.2, 0.25) is 0 Å². The van der Waals surface area contributed by atoms with Gasteiger partial charge in [-0.25, -0.2) is 8.78 Å². The van der Waals surface area contributed by atoms with Gasteiger partial charge in [-0.15, -0.1) is 11.6 Å². The summed E-state index contributed by atoms with van der Waals surface area (Å²) in [5.41, 5.74) is 0.314. The van der Waals surface area contributed by atoms with E-state index >= 15 is 0 Å². The maximum Gasteiger partial charge on any atom is 0.248 e. The molecule has 112 valence electrons. The van der Waals surface area contributed by atoms with Crippen LogP contribution < -0.4 is 0 Å². The first kappa shape index (κ1) is 15.5. The Labute approximate surface area is 121 Å². The normalized spacial score (nSPS) is 39.5. The van der Waals surface area contributed by atoms with Gasteiger partial charge in [0.25, 0.3) is 0 Å². The molecule has 0 spiro atoms. The zero-order valence-electron chi connectivity index (χ0n) is 12.4. The van der Waals surface area contributed by atoms with Crippen molar-refractivity contribution in [3.63, 3.8) is 0 Å². The molecule has 0 saturated heterocycles. The summed E-state index contributed by atoms with van der Waals surface area (Å²) < 4.78 is 26.6. The Bertz CT molecular complexity index is 308. The maximum absolute atomic E-state index is 13.3. The van der Waals surface area contributed by atoms with Crippen LogP contribution in [-0.2, 0) is 0 Å². The Hall–Kier alpha value is 0.150. The summed E-state index contributed by atoms with van der Waals surface area (Å²) in [6.45, 7) is 6.85. The van der Waals surface area contributed by atoms with Gasteiger partial charge in [-0.1, -0.05) is 20.8 Å². The number of alkyl halides is 3. The Morgan fingerprint density at radius 3 is 2.37 bits per heavy atom. The lowest BCUT2D eigenvalue weighted by Crippen LogP contribution is -2.33. The fraction of sp³-hybridized carbons (Fsp3) is 1.00. The molecule has 19 heavy (non-hydrogen) atoms. The van der Waals surface area contributed by atoms with Crippen molar-refractivity contribution < 1.29 is 8.78 Å². The van der Waals surface area contributed by atoms with E-state index in [0.29, 0.717) is 23.7 Å². The first-order valence-electron chi connectivity index (χ1n) is 7.69. The molecule has 0 aromatic rings. The molecule has 2 saturated carbocycles. The Kier molecular flexibility index (Phi) is 4.50. The van der Waals surface area contributed by atoms with Crippen molar-refractivity contribution >= 4 is 11.6 Å². The maximum atomic E-state index is 13.3. The topological polar surface area (TPSA) is 0 Å². The van der Waals surface area contributed by atoms with Gasteiger partial charge >= 0.3 is 0 Å². The zero-order chi connectivity index (χ0) is 14.3. The highest BCUT2D eigenvalue weighted by Gasteiger charge is 2.42. The fourth-order valence-corrected chi connectivity index (χ4v) is 4.26. The van der Waals surface area contributed by atoms with Crippen LogP contribution in [0, 0.1) is 23.2 Å². The summed E-state index contributed by atoms with van der Waals surface area (Å²) in [6, 6.07) is 0. The number of hydrogen-bond acceptors (Lipinski definition) is 0. The van der Waals surface area contributed by atoms with Gasteiger partial charge in [-0.05, 0) is 55.3 Å². The lowest BCUT2D eigenvalue weighted by Gasteiger charge is -2.40. The predicted octanol–water partition coefficient (Wildman–Crippen LogP) is 5.88. The molecule has 0 bridgehead atoms. The van der Waals surface area contributed by atoms with Crippen molar-refractivity contribution in [1.82, 2.24) is 0 Å². The summed E-state index contributed by atoms with van der Waals surface area (Å²) in [7, 11) is 0. The summed E-state index contributed by atoms with van der Waals surface area (Å²) in [5.74, 6) is -1.09. The van der Waals surface area contributed by atoms with E-state index in [1.807, 2.05) is 0 Å². The molecule has 2 rings (SSSR count). The van der Waals surface area contributed by atoms with Crippen molar-refractivity contribution in [2.24, 2.45) is 23.2 Å². The van der Waals surface area contributed by atoms with E-state index in [9.17, 15) is 8.78 Å². The van der Waals surface area contributed by atoms with E-state index in [1.54, 1.807) is 0 Å². The highest BCUT2D eigenvalue weighted by molar-refractivity contribution is 6.20. The molecule has 0 heterocycles. The summed E-state index contributed by atoms with van der Waals surface area (Å²) in [4.78, 5) is 0. The lowest BCUT2D eigenvalue weighted by molar-refractivity contribution is 0.00329. The SMILES string of the molecule is CC(C)(C)C1CCC(Cl)C(CC2CCC(F)(F)C2)C1. The molecule has 0 aromatic carbocycles. The van der Waals surface area contributed by atoms with Gasteiger partial charge in [0.2, 0.25) is 5.92 Å². The minimum atomic E-state index is -2.41. The molecule has 4 atom stereocenters. The molecule has 2 aliphatic carbocycles. The highest BCUT2D eigenvalue weighted by atomic mass is 35.5. The van der Waals surface area contributed by atoms with Crippen LogP contribution in [0.1, 0.15) is 65.7 Å². The summed E-state index contributed by atoms with van der Waals surface area (Å²) in [5, 5.41) is 0.202. The van der Waals surface area contributed by atoms with Crippen molar-refractivity contribution in [3.05, 3.63) is 0 Å². The number of hydrogen-bond donors (Lipinski definition) is 0. The minimum Gasteiger partial charge on any atom is -0.207 e. The molecular weight excluding hydrogens is 266 g/mol. The Morgan fingerprint density at radius 2 is 1.84 bits per heavy atom. The quantitative estimate of drug-likeness (QED) is 0.557. The van der Waals surface area contributed by atoms with E-state index in [1.165, 1.54) is 6.42 Å². The first-order chi connectivity index (χ1) is 8.67. The van der Waals surface area contributed by atoms with Gasteiger partial charge in [-0.3, -0.25) is 0 Å². The number of halogens is 3. The van der Waals surface area contributed by atoms with Crippen molar-refractivity contribution in [2.45, 2.75) is 77.0 Å². The van der Waals surface area contributed by atoms with Crippen molar-refractivity contribution in [1.29, 1.82) is 0 Å². The van der Waals surface area contributed by atoms with Gasteiger partial charge < -0.3 is 0 Å². The predicted molar refractivity (Wildman–Crippen MR) is 76.8 cm³/mol. The van der Waals surface area contributed by atoms with E-state index < -0.39 is 5.92 Å². The van der Waals surface area contributed by atoms with Crippen molar-refractivity contribution in [3.8, 4) is 0 Å². The van der Waals surface area contributed by atoms with Gasteiger partial charge in [0.15, 0.2) is 0 Å². The largest absolute Gasteiger partial charge is 0.248 e. The molecule has 0 aliphatic heterocycles. The molecule has 0 aromatic heterocycles. The van der Waals surface area contributed by atoms with E-state index in [-0.39, 0.29) is 24.1 Å². The molecule has 2 aliphatic rings. The molecule has 0 N–H and O–H groups in total. The third-order valence-electron chi connectivity index (χ3n) is 5.26. The molecule has 0 amide bonds. The van der Waals surface area contributed by atoms with Crippen LogP contribution in [0.15, 0.2) is 0 Å². The summed E-state index contributed by atoms with van der Waals surface area (Å²) in [6.07, 6.45) is 5.14. The molecule has 4 unspecified atom stereocenters. The highest BCUT2D eigenvalue weighted by Crippen LogP contribution is 2.47. The van der Waals surface area contributed by atoms with Gasteiger partial charge in [-0.2, -0.15) is 0 Å². The first-order valence-corrected chi connectivity index (χ1v) is 8.13. The average molecular weight is 293 g/mol. The van der Waals surface area contributed by atoms with Crippen LogP contribution in [0.3, 0.4) is 0 Å². The zero-order valence-corrected chi connectivity index (χ0v) is 13.1. The van der Waals surface area contributed by atoms with Crippen LogP contribution in [0.25, 0.3) is 0 Å². The second-order valence-corrected chi connectivity index (χ2v) is 8.41. The van der Waals surface area contributed by atoms with Crippen LogP contribution in [-0.4, -0.2) is 11.3 Å². The summed E-state index contributed by atoms with van der Waals surface area (Å²) >= 11 is 6.46. The molecule has 0 radical (unpaired) electrons. The minimum absolute atomic E-state index is 0.0834. The monoisotopic (exact) mass is 292 g/mol. The Balaban J connectivity index is 1.91. The van der Waals surface area contributed by atoms with Gasteiger partial charge in [0.05, 0.1) is 0 Å². The Morgan fingerprint density at radius 1 is 1.16 bits per heavy atom. The standard InChI is InChI=1S/C16H27ClF2/c1-15(2,3)13-4-5-14(17)12(9-13)8-11-6-7-16(18,19)10-11/h11-14H,4-10H2,1-3H3. The van der Waals surface area contributed by atoms with E-state index in [2.05, 4.69) is 20.8 Å². The van der Waals surface area contributed by atoms with Crippen LogP contribution >= 0.6 is 11.6 Å². The number of rotatable bonds is 2. The third-order valence-corrected chi connectivity index (χ3v) is 5.83. The fourth-order valence-electron chi connectivity index (χ4n) is 3.93. The smallest absolute Gasteiger partial charge is 0.207 e. The lowest BCUT2D eigenvalue weighted by atomic mass is 9.67. The van der Waals surface area contributed by atoms with Gasteiger partial charge in [0.1, 0.15) is 0 Å². The molecule has 0 nitrogen and oxygen atoms in total. The van der Waals surface area contributed by atoms with Crippen LogP contribution in [0.4, 0.5) is 8.78 Å². The second kappa shape index (κ2) is 5.50. The molecular formula is C16H27ClF2. The van der Waals surface area contributed by atoms with Gasteiger partial charge in [0, 0.05) is 18.2 Å². The molecule has 2 fully saturated rings. The second-order valence-electron chi connectivity index (χ2n) is 7.85. The van der Waals surface area contributed by atoms with Crippen LogP contribution in [0.5, 0.6) is 0 Å². The van der Waals surface area contributed by atoms with Crippen molar-refractivity contribution in [2.75, 3.05) is 0 Å².